The zero-order valence-electron chi connectivity index (χ0n) is 15.7. The van der Waals surface area contributed by atoms with Gasteiger partial charge in [-0.15, -0.1) is 0 Å². The van der Waals surface area contributed by atoms with E-state index in [1.807, 2.05) is 24.3 Å². The number of benzene rings is 1. The van der Waals surface area contributed by atoms with Crippen LogP contribution in [0.25, 0.3) is 0 Å². The van der Waals surface area contributed by atoms with E-state index in [2.05, 4.69) is 16.0 Å². The summed E-state index contributed by atoms with van der Waals surface area (Å²) in [6.45, 7) is 3.17. The van der Waals surface area contributed by atoms with E-state index >= 15 is 0 Å². The molecule has 1 aromatic rings. The SMILES string of the molecule is O=C(O)C(F)(F)F.O=C1CCC(c2cccc(NCC3CCNCC3)c2)C(=O)N1. The van der Waals surface area contributed by atoms with Gasteiger partial charge in [0.25, 0.3) is 0 Å². The van der Waals surface area contributed by atoms with E-state index in [0.29, 0.717) is 18.8 Å². The van der Waals surface area contributed by atoms with Crippen LogP contribution < -0.4 is 16.0 Å². The maximum Gasteiger partial charge on any atom is 0.490 e. The van der Waals surface area contributed by atoms with Crippen molar-refractivity contribution in [3.05, 3.63) is 29.8 Å². The number of carboxylic acid groups (broad SMARTS) is 1. The molecule has 4 N–H and O–H groups in total. The van der Waals surface area contributed by atoms with Crippen LogP contribution in [0.5, 0.6) is 0 Å². The molecule has 3 rings (SSSR count). The lowest BCUT2D eigenvalue weighted by molar-refractivity contribution is -0.192. The zero-order chi connectivity index (χ0) is 21.4. The number of nitrogens with one attached hydrogen (secondary N) is 3. The lowest BCUT2D eigenvalue weighted by atomic mass is 9.90. The van der Waals surface area contributed by atoms with E-state index in [1.165, 1.54) is 12.8 Å². The molecule has 2 amide bonds. The topological polar surface area (TPSA) is 108 Å². The highest BCUT2D eigenvalue weighted by Gasteiger charge is 2.38. The molecule has 29 heavy (non-hydrogen) atoms. The van der Waals surface area contributed by atoms with Gasteiger partial charge >= 0.3 is 12.1 Å². The average molecular weight is 415 g/mol. The summed E-state index contributed by atoms with van der Waals surface area (Å²) >= 11 is 0. The summed E-state index contributed by atoms with van der Waals surface area (Å²) in [4.78, 5) is 32.1. The Balaban J connectivity index is 0.000000370. The molecule has 7 nitrogen and oxygen atoms in total. The molecule has 1 atom stereocenters. The van der Waals surface area contributed by atoms with Crippen LogP contribution in [-0.4, -0.2) is 48.7 Å². The van der Waals surface area contributed by atoms with Gasteiger partial charge < -0.3 is 15.7 Å². The molecule has 1 unspecified atom stereocenters. The Labute approximate surface area is 166 Å². The van der Waals surface area contributed by atoms with Gasteiger partial charge in [-0.3, -0.25) is 14.9 Å². The summed E-state index contributed by atoms with van der Waals surface area (Å²) in [6, 6.07) is 8.02. The quantitative estimate of drug-likeness (QED) is 0.562. The minimum Gasteiger partial charge on any atom is -0.475 e. The van der Waals surface area contributed by atoms with E-state index in [0.717, 1.165) is 30.9 Å². The fraction of sp³-hybridized carbons (Fsp3) is 0.526. The summed E-state index contributed by atoms with van der Waals surface area (Å²) < 4.78 is 31.7. The van der Waals surface area contributed by atoms with E-state index in [1.54, 1.807) is 0 Å². The van der Waals surface area contributed by atoms with Gasteiger partial charge in [-0.1, -0.05) is 12.1 Å². The smallest absolute Gasteiger partial charge is 0.475 e. The molecule has 0 aliphatic carbocycles. The Morgan fingerprint density at radius 2 is 1.83 bits per heavy atom. The van der Waals surface area contributed by atoms with Crippen LogP contribution in [0.2, 0.25) is 0 Å². The van der Waals surface area contributed by atoms with Gasteiger partial charge in [-0.05, 0) is 56.0 Å². The Morgan fingerprint density at radius 1 is 1.17 bits per heavy atom. The second-order valence-electron chi connectivity index (χ2n) is 7.01. The normalized spacial score (nSPS) is 20.3. The van der Waals surface area contributed by atoms with E-state index < -0.39 is 12.1 Å². The molecule has 0 bridgehead atoms. The zero-order valence-corrected chi connectivity index (χ0v) is 15.7. The average Bonchev–Trinajstić information content (AvgIpc) is 2.67. The van der Waals surface area contributed by atoms with Crippen molar-refractivity contribution in [2.45, 2.75) is 37.8 Å². The molecular weight excluding hydrogens is 391 g/mol. The molecule has 0 saturated carbocycles. The number of carboxylic acids is 1. The minimum atomic E-state index is -5.08. The van der Waals surface area contributed by atoms with Crippen LogP contribution >= 0.6 is 0 Å². The molecular formula is C19H24F3N3O4. The highest BCUT2D eigenvalue weighted by molar-refractivity contribution is 6.01. The highest BCUT2D eigenvalue weighted by atomic mass is 19.4. The van der Waals surface area contributed by atoms with Crippen molar-refractivity contribution in [2.75, 3.05) is 25.0 Å². The van der Waals surface area contributed by atoms with Crippen LogP contribution in [0.15, 0.2) is 24.3 Å². The van der Waals surface area contributed by atoms with Crippen molar-refractivity contribution in [3.8, 4) is 0 Å². The summed E-state index contributed by atoms with van der Waals surface area (Å²) in [7, 11) is 0. The number of anilines is 1. The number of amides is 2. The molecule has 2 saturated heterocycles. The Bertz CT molecular complexity index is 734. The van der Waals surface area contributed by atoms with Crippen LogP contribution in [0.3, 0.4) is 0 Å². The fourth-order valence-electron chi connectivity index (χ4n) is 3.22. The fourth-order valence-corrected chi connectivity index (χ4v) is 3.22. The van der Waals surface area contributed by atoms with Crippen molar-refractivity contribution in [1.82, 2.24) is 10.6 Å². The Kier molecular flexibility index (Phi) is 8.00. The van der Waals surface area contributed by atoms with Crippen molar-refractivity contribution in [3.63, 3.8) is 0 Å². The van der Waals surface area contributed by atoms with E-state index in [4.69, 9.17) is 9.90 Å². The Hall–Kier alpha value is -2.62. The number of carbonyl (C=O) groups excluding carboxylic acids is 2. The van der Waals surface area contributed by atoms with Crippen LogP contribution in [0.4, 0.5) is 18.9 Å². The van der Waals surface area contributed by atoms with Crippen LogP contribution in [0.1, 0.15) is 37.2 Å². The molecule has 2 heterocycles. The number of imide groups is 1. The van der Waals surface area contributed by atoms with Gasteiger partial charge in [-0.2, -0.15) is 13.2 Å². The maximum absolute atomic E-state index is 12.0. The molecule has 10 heteroatoms. The number of carbonyl (C=O) groups is 3. The lowest BCUT2D eigenvalue weighted by Crippen LogP contribution is -2.39. The third-order valence-corrected chi connectivity index (χ3v) is 4.82. The number of piperidine rings is 2. The second kappa shape index (κ2) is 10.2. The number of aliphatic carboxylic acids is 1. The van der Waals surface area contributed by atoms with Crippen LogP contribution in [0, 0.1) is 5.92 Å². The van der Waals surface area contributed by atoms with E-state index in [9.17, 15) is 22.8 Å². The third-order valence-electron chi connectivity index (χ3n) is 4.82. The predicted octanol–water partition coefficient (Wildman–Crippen LogP) is 2.25. The third kappa shape index (κ3) is 7.37. The predicted molar refractivity (Wildman–Crippen MR) is 99.3 cm³/mol. The maximum atomic E-state index is 12.0. The number of hydrogen-bond acceptors (Lipinski definition) is 5. The first-order valence-corrected chi connectivity index (χ1v) is 9.35. The first-order chi connectivity index (χ1) is 13.7. The largest absolute Gasteiger partial charge is 0.490 e. The first-order valence-electron chi connectivity index (χ1n) is 9.35. The number of hydrogen-bond donors (Lipinski definition) is 4. The molecule has 2 fully saturated rings. The van der Waals surface area contributed by atoms with Gasteiger partial charge in [-0.25, -0.2) is 4.79 Å². The van der Waals surface area contributed by atoms with Gasteiger partial charge in [0.2, 0.25) is 11.8 Å². The molecule has 1 aromatic carbocycles. The first kappa shape index (κ1) is 22.7. The second-order valence-corrected chi connectivity index (χ2v) is 7.01. The van der Waals surface area contributed by atoms with Crippen molar-refractivity contribution < 1.29 is 32.7 Å². The van der Waals surface area contributed by atoms with Gasteiger partial charge in [0.05, 0.1) is 5.92 Å². The summed E-state index contributed by atoms with van der Waals surface area (Å²) in [5.41, 5.74) is 2.04. The van der Waals surface area contributed by atoms with Crippen molar-refractivity contribution >= 4 is 23.5 Å². The van der Waals surface area contributed by atoms with Gasteiger partial charge in [0.15, 0.2) is 0 Å². The van der Waals surface area contributed by atoms with Crippen molar-refractivity contribution in [1.29, 1.82) is 0 Å². The monoisotopic (exact) mass is 415 g/mol. The standard InChI is InChI=1S/C17H23N3O2.C2HF3O2/c21-16-5-4-15(17(22)20-16)13-2-1-3-14(10-13)19-11-12-6-8-18-9-7-12;3-2(4,5)1(6)7/h1-3,10,12,15,18-19H,4-9,11H2,(H,20,21,22);(H,6,7). The molecule has 0 aromatic heterocycles. The summed E-state index contributed by atoms with van der Waals surface area (Å²) in [5.74, 6) is -2.60. The number of halogens is 3. The number of rotatable bonds is 4. The molecule has 2 aliphatic heterocycles. The van der Waals surface area contributed by atoms with Gasteiger partial charge in [0.1, 0.15) is 0 Å². The van der Waals surface area contributed by atoms with Gasteiger partial charge in [0, 0.05) is 18.7 Å². The lowest BCUT2D eigenvalue weighted by Gasteiger charge is -2.24. The molecule has 0 spiro atoms. The molecule has 2 aliphatic rings. The Morgan fingerprint density at radius 3 is 2.41 bits per heavy atom. The number of alkyl halides is 3. The molecule has 160 valence electrons. The van der Waals surface area contributed by atoms with Crippen LogP contribution in [-0.2, 0) is 14.4 Å². The highest BCUT2D eigenvalue weighted by Crippen LogP contribution is 2.27. The summed E-state index contributed by atoms with van der Waals surface area (Å²) in [5, 5.41) is 16.4. The minimum absolute atomic E-state index is 0.165. The molecule has 0 radical (unpaired) electrons. The van der Waals surface area contributed by atoms with Crippen molar-refractivity contribution in [2.24, 2.45) is 5.92 Å². The van der Waals surface area contributed by atoms with E-state index in [-0.39, 0.29) is 17.7 Å². The summed E-state index contributed by atoms with van der Waals surface area (Å²) in [6.07, 6.45) is -1.65.